The normalized spacial score (nSPS) is 15.8. The Morgan fingerprint density at radius 3 is 1.96 bits per heavy atom. The first-order valence-corrected chi connectivity index (χ1v) is 15.8. The topological polar surface area (TPSA) is 123 Å². The van der Waals surface area contributed by atoms with Crippen molar-refractivity contribution in [1.82, 2.24) is 0 Å². The fraction of sp³-hybridized carbons (Fsp3) is 0.405. The zero-order valence-electron chi connectivity index (χ0n) is 27.6. The Kier molecular flexibility index (Phi) is 10.9. The maximum Gasteiger partial charge on any atom is 0.412 e. The van der Waals surface area contributed by atoms with Crippen molar-refractivity contribution in [1.29, 1.82) is 0 Å². The van der Waals surface area contributed by atoms with E-state index < -0.39 is 17.3 Å². The number of amides is 3. The van der Waals surface area contributed by atoms with Gasteiger partial charge in [-0.2, -0.15) is 0 Å². The van der Waals surface area contributed by atoms with Gasteiger partial charge in [-0.1, -0.05) is 36.4 Å². The molecule has 1 aliphatic carbocycles. The fourth-order valence-corrected chi connectivity index (χ4v) is 5.10. The predicted molar refractivity (Wildman–Crippen MR) is 180 cm³/mol. The molecule has 2 unspecified atom stereocenters. The lowest BCUT2D eigenvalue weighted by atomic mass is 10.1. The average molecular weight is 628 g/mol. The molecule has 0 aromatic heterocycles. The lowest BCUT2D eigenvalue weighted by molar-refractivity contribution is -0.155. The van der Waals surface area contributed by atoms with Gasteiger partial charge in [-0.25, -0.2) is 4.79 Å². The minimum atomic E-state index is -0.645. The Morgan fingerprint density at radius 1 is 0.739 bits per heavy atom. The molecule has 9 nitrogen and oxygen atoms in total. The summed E-state index contributed by atoms with van der Waals surface area (Å²) in [4.78, 5) is 49.8. The van der Waals surface area contributed by atoms with Gasteiger partial charge in [0.2, 0.25) is 5.91 Å². The van der Waals surface area contributed by atoms with Crippen molar-refractivity contribution >= 4 is 40.9 Å². The maximum absolute atomic E-state index is 12.9. The highest BCUT2D eigenvalue weighted by atomic mass is 16.6. The molecule has 4 rings (SSSR count). The first-order chi connectivity index (χ1) is 21.6. The molecule has 2 atom stereocenters. The first-order valence-electron chi connectivity index (χ1n) is 15.8. The molecule has 3 amide bonds. The van der Waals surface area contributed by atoms with Crippen molar-refractivity contribution in [2.45, 2.75) is 90.8 Å². The third kappa shape index (κ3) is 11.1. The van der Waals surface area contributed by atoms with E-state index in [0.717, 1.165) is 17.7 Å². The number of anilines is 3. The molecule has 0 radical (unpaired) electrons. The maximum atomic E-state index is 12.9. The molecule has 3 N–H and O–H groups in total. The molecule has 1 aliphatic rings. The molecule has 244 valence electrons. The lowest BCUT2D eigenvalue weighted by Crippen LogP contribution is -2.27. The highest BCUT2D eigenvalue weighted by Crippen LogP contribution is 2.50. The highest BCUT2D eigenvalue weighted by Gasteiger charge is 2.40. The highest BCUT2D eigenvalue weighted by molar-refractivity contribution is 6.06. The quantitative estimate of drug-likeness (QED) is 0.185. The summed E-state index contributed by atoms with van der Waals surface area (Å²) in [5, 5.41) is 8.48. The first kappa shape index (κ1) is 34.2. The van der Waals surface area contributed by atoms with Crippen molar-refractivity contribution < 1.29 is 28.7 Å². The van der Waals surface area contributed by atoms with Crippen molar-refractivity contribution in [3.63, 3.8) is 0 Å². The van der Waals surface area contributed by atoms with E-state index in [-0.39, 0.29) is 17.8 Å². The number of para-hydroxylation sites is 2. The molecule has 3 aromatic rings. The SMILES string of the molecule is CC(C)(C)OC(=O)CC1CC1c1ccc(NC(=O)CCCc2ccc(C(=O)Nc3ccccc3NC(=O)OC(C)(C)C)cc2)cc1. The fourth-order valence-electron chi connectivity index (χ4n) is 5.10. The second-order valence-electron chi connectivity index (χ2n) is 13.7. The van der Waals surface area contributed by atoms with Crippen molar-refractivity contribution in [3.8, 4) is 0 Å². The van der Waals surface area contributed by atoms with Gasteiger partial charge in [-0.15, -0.1) is 0 Å². The molecular formula is C37H45N3O6. The Morgan fingerprint density at radius 2 is 1.35 bits per heavy atom. The lowest BCUT2D eigenvalue weighted by Gasteiger charge is -2.20. The molecule has 1 saturated carbocycles. The van der Waals surface area contributed by atoms with E-state index >= 15 is 0 Å². The van der Waals surface area contributed by atoms with Gasteiger partial charge < -0.3 is 20.1 Å². The molecule has 0 spiro atoms. The number of esters is 1. The van der Waals surface area contributed by atoms with Crippen LogP contribution in [-0.4, -0.2) is 35.1 Å². The van der Waals surface area contributed by atoms with Crippen LogP contribution in [0.4, 0.5) is 21.9 Å². The van der Waals surface area contributed by atoms with Crippen LogP contribution in [-0.2, 0) is 25.5 Å². The monoisotopic (exact) mass is 627 g/mol. The van der Waals surface area contributed by atoms with Gasteiger partial charge in [0.05, 0.1) is 11.4 Å². The average Bonchev–Trinajstić information content (AvgIpc) is 3.71. The molecule has 0 bridgehead atoms. The summed E-state index contributed by atoms with van der Waals surface area (Å²) >= 11 is 0. The number of benzene rings is 3. The number of ether oxygens (including phenoxy) is 2. The number of hydrogen-bond acceptors (Lipinski definition) is 6. The molecule has 0 heterocycles. The van der Waals surface area contributed by atoms with E-state index in [1.165, 1.54) is 5.56 Å². The van der Waals surface area contributed by atoms with Crippen molar-refractivity contribution in [2.24, 2.45) is 5.92 Å². The minimum absolute atomic E-state index is 0.0587. The Hall–Kier alpha value is -4.66. The van der Waals surface area contributed by atoms with E-state index in [0.29, 0.717) is 54.5 Å². The van der Waals surface area contributed by atoms with Gasteiger partial charge in [0.25, 0.3) is 5.91 Å². The van der Waals surface area contributed by atoms with Gasteiger partial charge in [0.1, 0.15) is 11.2 Å². The summed E-state index contributed by atoms with van der Waals surface area (Å²) in [5.41, 5.74) is 3.19. The summed E-state index contributed by atoms with van der Waals surface area (Å²) in [5.74, 6) is 0.139. The Bertz CT molecular complexity index is 1540. The number of aryl methyl sites for hydroxylation is 1. The third-order valence-electron chi connectivity index (χ3n) is 7.29. The summed E-state index contributed by atoms with van der Waals surface area (Å²) in [6.45, 7) is 11.0. The minimum Gasteiger partial charge on any atom is -0.460 e. The van der Waals surface area contributed by atoms with E-state index in [4.69, 9.17) is 9.47 Å². The standard InChI is InChI=1S/C37H45N3O6/c1-36(2,3)45-33(42)23-27-22-29(27)25-18-20-28(21-19-25)38-32(41)13-9-10-24-14-16-26(17-15-24)34(43)39-30-11-7-8-12-31(30)40-35(44)46-37(4,5)6/h7-8,11-12,14-21,27,29H,9-10,13,22-23H2,1-6H3,(H,38,41)(H,39,43)(H,40,44). The van der Waals surface area contributed by atoms with Crippen LogP contribution in [0.3, 0.4) is 0 Å². The number of nitrogens with one attached hydrogen (secondary N) is 3. The van der Waals surface area contributed by atoms with Crippen LogP contribution in [0.25, 0.3) is 0 Å². The second-order valence-corrected chi connectivity index (χ2v) is 13.7. The molecular weight excluding hydrogens is 582 g/mol. The van der Waals surface area contributed by atoms with E-state index in [2.05, 4.69) is 16.0 Å². The van der Waals surface area contributed by atoms with Gasteiger partial charge in [0.15, 0.2) is 0 Å². The zero-order valence-corrected chi connectivity index (χ0v) is 27.6. The summed E-state index contributed by atoms with van der Waals surface area (Å²) in [6.07, 6.45) is 2.51. The number of carbonyl (C=O) groups excluding carboxylic acids is 4. The third-order valence-corrected chi connectivity index (χ3v) is 7.29. The van der Waals surface area contributed by atoms with E-state index in [1.807, 2.05) is 57.2 Å². The Labute approximate surface area is 271 Å². The van der Waals surface area contributed by atoms with Crippen molar-refractivity contribution in [3.05, 3.63) is 89.5 Å². The zero-order chi connectivity index (χ0) is 33.5. The molecule has 1 fully saturated rings. The van der Waals surface area contributed by atoms with E-state index in [1.54, 1.807) is 57.2 Å². The van der Waals surface area contributed by atoms with Crippen LogP contribution in [0.1, 0.15) is 94.6 Å². The van der Waals surface area contributed by atoms with Crippen LogP contribution in [0.2, 0.25) is 0 Å². The molecule has 46 heavy (non-hydrogen) atoms. The van der Waals surface area contributed by atoms with Crippen LogP contribution in [0, 0.1) is 5.92 Å². The van der Waals surface area contributed by atoms with Crippen LogP contribution >= 0.6 is 0 Å². The molecule has 9 heteroatoms. The number of rotatable bonds is 11. The second kappa shape index (κ2) is 14.6. The Balaban J connectivity index is 1.19. The van der Waals surface area contributed by atoms with Crippen LogP contribution in [0.5, 0.6) is 0 Å². The summed E-state index contributed by atoms with van der Waals surface area (Å²) in [7, 11) is 0. The number of carbonyl (C=O) groups is 4. The molecule has 0 saturated heterocycles. The van der Waals surface area contributed by atoms with Gasteiger partial charge in [0, 0.05) is 24.1 Å². The summed E-state index contributed by atoms with van der Waals surface area (Å²) < 4.78 is 10.8. The van der Waals surface area contributed by atoms with Crippen LogP contribution in [0.15, 0.2) is 72.8 Å². The largest absolute Gasteiger partial charge is 0.460 e. The van der Waals surface area contributed by atoms with Crippen LogP contribution < -0.4 is 16.0 Å². The van der Waals surface area contributed by atoms with Gasteiger partial charge >= 0.3 is 12.1 Å². The predicted octanol–water partition coefficient (Wildman–Crippen LogP) is 8.08. The molecule has 0 aliphatic heterocycles. The van der Waals surface area contributed by atoms with Gasteiger partial charge in [-0.05, 0) is 120 Å². The summed E-state index contributed by atoms with van der Waals surface area (Å²) in [6, 6.07) is 22.0. The smallest absolute Gasteiger partial charge is 0.412 e. The number of hydrogen-bond donors (Lipinski definition) is 3. The van der Waals surface area contributed by atoms with Gasteiger partial charge in [-0.3, -0.25) is 19.7 Å². The molecule has 3 aromatic carbocycles. The van der Waals surface area contributed by atoms with Crippen molar-refractivity contribution in [2.75, 3.05) is 16.0 Å². The van der Waals surface area contributed by atoms with E-state index in [9.17, 15) is 19.2 Å².